The largest absolute Gasteiger partial charge is 0.508 e. The Morgan fingerprint density at radius 2 is 1.74 bits per heavy atom. The van der Waals surface area contributed by atoms with Gasteiger partial charge in [0.25, 0.3) is 5.56 Å². The van der Waals surface area contributed by atoms with E-state index in [-0.39, 0.29) is 11.3 Å². The molecule has 5 nitrogen and oxygen atoms in total. The Bertz CT molecular complexity index is 1200. The fourth-order valence-electron chi connectivity index (χ4n) is 2.72. The van der Waals surface area contributed by atoms with E-state index in [1.807, 2.05) is 30.3 Å². The first-order chi connectivity index (χ1) is 13.1. The van der Waals surface area contributed by atoms with E-state index in [4.69, 9.17) is 11.6 Å². The standard InChI is InChI=1S/C21H14ClN3O2/c22-16-8-11-18-19(12-16)24-20(15-4-2-1-3-5-15)25(21(18)27)23-13-14-6-9-17(26)10-7-14/h1-13,26H. The summed E-state index contributed by atoms with van der Waals surface area (Å²) >= 11 is 6.06. The fourth-order valence-corrected chi connectivity index (χ4v) is 2.88. The predicted molar refractivity (Wildman–Crippen MR) is 108 cm³/mol. The number of phenolic OH excluding ortho intramolecular Hbond substituents is 1. The first kappa shape index (κ1) is 17.0. The van der Waals surface area contributed by atoms with Gasteiger partial charge in [0.15, 0.2) is 5.82 Å². The Balaban J connectivity index is 1.94. The smallest absolute Gasteiger partial charge is 0.282 e. The molecular formula is C21H14ClN3O2. The molecule has 27 heavy (non-hydrogen) atoms. The molecule has 6 heteroatoms. The van der Waals surface area contributed by atoms with Gasteiger partial charge in [-0.05, 0) is 48.0 Å². The number of hydrogen-bond acceptors (Lipinski definition) is 4. The highest BCUT2D eigenvalue weighted by Crippen LogP contribution is 2.21. The van der Waals surface area contributed by atoms with Crippen molar-refractivity contribution < 1.29 is 5.11 Å². The van der Waals surface area contributed by atoms with Crippen LogP contribution in [0.4, 0.5) is 0 Å². The number of halogens is 1. The first-order valence-electron chi connectivity index (χ1n) is 8.23. The molecule has 0 radical (unpaired) electrons. The van der Waals surface area contributed by atoms with Gasteiger partial charge in [0.2, 0.25) is 0 Å². The Hall–Kier alpha value is -3.44. The highest BCUT2D eigenvalue weighted by atomic mass is 35.5. The van der Waals surface area contributed by atoms with E-state index in [0.717, 1.165) is 11.1 Å². The maximum Gasteiger partial charge on any atom is 0.282 e. The van der Waals surface area contributed by atoms with E-state index in [0.29, 0.717) is 21.7 Å². The molecule has 0 aliphatic rings. The second kappa shape index (κ2) is 7.05. The van der Waals surface area contributed by atoms with Crippen molar-refractivity contribution in [3.8, 4) is 17.1 Å². The van der Waals surface area contributed by atoms with Gasteiger partial charge >= 0.3 is 0 Å². The molecule has 0 aliphatic heterocycles. The van der Waals surface area contributed by atoms with Gasteiger partial charge in [-0.1, -0.05) is 41.9 Å². The first-order valence-corrected chi connectivity index (χ1v) is 8.61. The van der Waals surface area contributed by atoms with Crippen LogP contribution < -0.4 is 5.56 Å². The van der Waals surface area contributed by atoms with Crippen molar-refractivity contribution in [2.75, 3.05) is 0 Å². The van der Waals surface area contributed by atoms with E-state index < -0.39 is 0 Å². The van der Waals surface area contributed by atoms with Gasteiger partial charge in [-0.2, -0.15) is 9.78 Å². The molecule has 0 aliphatic carbocycles. The zero-order valence-electron chi connectivity index (χ0n) is 14.1. The lowest BCUT2D eigenvalue weighted by Gasteiger charge is -2.09. The molecule has 0 saturated carbocycles. The van der Waals surface area contributed by atoms with Crippen LogP contribution in [0.5, 0.6) is 5.75 Å². The predicted octanol–water partition coefficient (Wildman–Crippen LogP) is 4.30. The van der Waals surface area contributed by atoms with Gasteiger partial charge in [0.1, 0.15) is 5.75 Å². The summed E-state index contributed by atoms with van der Waals surface area (Å²) in [5, 5.41) is 14.7. The normalized spacial score (nSPS) is 11.3. The Kier molecular flexibility index (Phi) is 4.44. The van der Waals surface area contributed by atoms with Crippen molar-refractivity contribution in [2.24, 2.45) is 5.10 Å². The Morgan fingerprint density at radius 3 is 2.48 bits per heavy atom. The fraction of sp³-hybridized carbons (Fsp3) is 0. The third kappa shape index (κ3) is 3.45. The summed E-state index contributed by atoms with van der Waals surface area (Å²) in [6.45, 7) is 0. The Labute approximate surface area is 159 Å². The van der Waals surface area contributed by atoms with E-state index in [9.17, 15) is 9.90 Å². The summed E-state index contributed by atoms with van der Waals surface area (Å²) < 4.78 is 1.28. The summed E-state index contributed by atoms with van der Waals surface area (Å²) in [4.78, 5) is 17.7. The van der Waals surface area contributed by atoms with Gasteiger partial charge in [-0.15, -0.1) is 0 Å². The van der Waals surface area contributed by atoms with Gasteiger partial charge in [0, 0.05) is 10.6 Å². The number of phenols is 1. The number of hydrogen-bond donors (Lipinski definition) is 1. The van der Waals surface area contributed by atoms with Crippen LogP contribution in [0, 0.1) is 0 Å². The van der Waals surface area contributed by atoms with Crippen LogP contribution in [-0.4, -0.2) is 21.0 Å². The minimum Gasteiger partial charge on any atom is -0.508 e. The zero-order valence-corrected chi connectivity index (χ0v) is 14.8. The number of rotatable bonds is 3. The van der Waals surface area contributed by atoms with E-state index in [1.165, 1.54) is 4.68 Å². The molecular weight excluding hydrogens is 362 g/mol. The topological polar surface area (TPSA) is 67.5 Å². The number of aromatic hydroxyl groups is 1. The van der Waals surface area contributed by atoms with Crippen LogP contribution in [0.25, 0.3) is 22.3 Å². The van der Waals surface area contributed by atoms with Crippen LogP contribution in [0.15, 0.2) is 82.7 Å². The molecule has 0 unspecified atom stereocenters. The molecule has 1 N–H and O–H groups in total. The number of fused-ring (bicyclic) bond motifs is 1. The van der Waals surface area contributed by atoms with E-state index in [1.54, 1.807) is 48.7 Å². The minimum atomic E-state index is -0.287. The molecule has 0 fully saturated rings. The van der Waals surface area contributed by atoms with E-state index >= 15 is 0 Å². The molecule has 0 atom stereocenters. The summed E-state index contributed by atoms with van der Waals surface area (Å²) in [6.07, 6.45) is 1.55. The lowest BCUT2D eigenvalue weighted by atomic mass is 10.2. The molecule has 0 spiro atoms. The quantitative estimate of drug-likeness (QED) is 0.543. The van der Waals surface area contributed by atoms with Gasteiger partial charge in [-0.25, -0.2) is 4.98 Å². The van der Waals surface area contributed by atoms with Crippen molar-refractivity contribution in [3.63, 3.8) is 0 Å². The maximum atomic E-state index is 13.0. The van der Waals surface area contributed by atoms with Crippen molar-refractivity contribution in [1.82, 2.24) is 9.66 Å². The zero-order chi connectivity index (χ0) is 18.8. The minimum absolute atomic E-state index is 0.165. The average Bonchev–Trinajstić information content (AvgIpc) is 2.69. The molecule has 0 saturated heterocycles. The van der Waals surface area contributed by atoms with E-state index in [2.05, 4.69) is 10.1 Å². The number of nitrogens with zero attached hydrogens (tertiary/aromatic N) is 3. The van der Waals surface area contributed by atoms with Crippen LogP contribution in [0.1, 0.15) is 5.56 Å². The molecule has 4 aromatic rings. The number of aromatic nitrogens is 2. The van der Waals surface area contributed by atoms with Gasteiger partial charge in [0.05, 0.1) is 17.1 Å². The van der Waals surface area contributed by atoms with Gasteiger partial charge in [-0.3, -0.25) is 4.79 Å². The Morgan fingerprint density at radius 1 is 1.00 bits per heavy atom. The third-order valence-corrected chi connectivity index (χ3v) is 4.29. The van der Waals surface area contributed by atoms with Crippen LogP contribution in [0.2, 0.25) is 5.02 Å². The number of benzene rings is 3. The second-order valence-electron chi connectivity index (χ2n) is 5.92. The lowest BCUT2D eigenvalue weighted by molar-refractivity contribution is 0.475. The van der Waals surface area contributed by atoms with Crippen molar-refractivity contribution in [1.29, 1.82) is 0 Å². The molecule has 3 aromatic carbocycles. The molecule has 0 amide bonds. The molecule has 1 heterocycles. The van der Waals surface area contributed by atoms with Crippen molar-refractivity contribution in [2.45, 2.75) is 0 Å². The van der Waals surface area contributed by atoms with Crippen LogP contribution in [-0.2, 0) is 0 Å². The maximum absolute atomic E-state index is 13.0. The summed E-state index contributed by atoms with van der Waals surface area (Å²) in [7, 11) is 0. The second-order valence-corrected chi connectivity index (χ2v) is 6.35. The molecule has 1 aromatic heterocycles. The van der Waals surface area contributed by atoms with Crippen molar-refractivity contribution >= 4 is 28.7 Å². The molecule has 4 rings (SSSR count). The average molecular weight is 376 g/mol. The lowest BCUT2D eigenvalue weighted by Crippen LogP contribution is -2.20. The molecule has 0 bridgehead atoms. The SMILES string of the molecule is O=c1c2ccc(Cl)cc2nc(-c2ccccc2)n1N=Cc1ccc(O)cc1. The van der Waals surface area contributed by atoms with Crippen LogP contribution in [0.3, 0.4) is 0 Å². The van der Waals surface area contributed by atoms with Crippen LogP contribution >= 0.6 is 11.6 Å². The van der Waals surface area contributed by atoms with Crippen molar-refractivity contribution in [3.05, 3.63) is 93.7 Å². The third-order valence-electron chi connectivity index (χ3n) is 4.06. The summed E-state index contributed by atoms with van der Waals surface area (Å²) in [5.74, 6) is 0.587. The van der Waals surface area contributed by atoms with Gasteiger partial charge < -0.3 is 5.11 Å². The highest BCUT2D eigenvalue weighted by molar-refractivity contribution is 6.31. The summed E-state index contributed by atoms with van der Waals surface area (Å²) in [6, 6.07) is 20.9. The monoisotopic (exact) mass is 375 g/mol. The summed E-state index contributed by atoms with van der Waals surface area (Å²) in [5.41, 5.74) is 1.74. The molecule has 132 valence electrons. The highest BCUT2D eigenvalue weighted by Gasteiger charge is 2.12.